The topological polar surface area (TPSA) is 62.6 Å². The van der Waals surface area contributed by atoms with Crippen molar-refractivity contribution in [3.8, 4) is 6.07 Å². The summed E-state index contributed by atoms with van der Waals surface area (Å²) in [5.74, 6) is 0. The first-order valence-corrected chi connectivity index (χ1v) is 10.2. The molecule has 1 fully saturated rings. The summed E-state index contributed by atoms with van der Waals surface area (Å²) in [6.45, 7) is 4.90. The van der Waals surface area contributed by atoms with Gasteiger partial charge in [0.1, 0.15) is 12.3 Å². The number of hydrogen-bond donors (Lipinski definition) is 0. The zero-order chi connectivity index (χ0) is 20.1. The van der Waals surface area contributed by atoms with Gasteiger partial charge >= 0.3 is 6.09 Å². The maximum Gasteiger partial charge on any atom is 0.412 e. The first kappa shape index (κ1) is 20.5. The van der Waals surface area contributed by atoms with Gasteiger partial charge in [-0.15, -0.1) is 11.8 Å². The SMILES string of the molecule is CC1(C)OCCN1C(=O)OC[C@H](Sc1ccc(C#N)cc1Cl)c1ccccc1. The normalized spacial score (nSPS) is 16.4. The molecule has 2 aromatic carbocycles. The standard InChI is InChI=1S/C21H21ClN2O3S/c1-21(2)24(10-11-27-21)20(25)26-14-19(16-6-4-3-5-7-16)28-18-9-8-15(13-23)12-17(18)22/h3-9,12,19H,10-11,14H2,1-2H3/t19-/m0/s1. The van der Waals surface area contributed by atoms with Crippen LogP contribution in [0.25, 0.3) is 0 Å². The third kappa shape index (κ3) is 4.79. The van der Waals surface area contributed by atoms with Crippen molar-refractivity contribution in [1.82, 2.24) is 4.90 Å². The number of hydrogen-bond acceptors (Lipinski definition) is 5. The second-order valence-corrected chi connectivity index (χ2v) is 8.45. The molecule has 2 aromatic rings. The smallest absolute Gasteiger partial charge is 0.412 e. The summed E-state index contributed by atoms with van der Waals surface area (Å²) in [5, 5.41) is 9.38. The van der Waals surface area contributed by atoms with Crippen LogP contribution in [0.1, 0.15) is 30.2 Å². The molecule has 146 valence electrons. The lowest BCUT2D eigenvalue weighted by Crippen LogP contribution is -2.44. The maximum atomic E-state index is 12.6. The van der Waals surface area contributed by atoms with E-state index in [1.54, 1.807) is 17.0 Å². The average molecular weight is 417 g/mol. The molecular formula is C21H21ClN2O3S. The Morgan fingerprint density at radius 3 is 2.71 bits per heavy atom. The Kier molecular flexibility index (Phi) is 6.50. The maximum absolute atomic E-state index is 12.6. The van der Waals surface area contributed by atoms with Crippen LogP contribution >= 0.6 is 23.4 Å². The summed E-state index contributed by atoms with van der Waals surface area (Å²) in [5.41, 5.74) is 0.870. The first-order valence-electron chi connectivity index (χ1n) is 8.90. The Balaban J connectivity index is 1.75. The van der Waals surface area contributed by atoms with E-state index in [-0.39, 0.29) is 11.9 Å². The third-order valence-electron chi connectivity index (χ3n) is 4.50. The van der Waals surface area contributed by atoms with E-state index < -0.39 is 11.8 Å². The van der Waals surface area contributed by atoms with Crippen molar-refractivity contribution in [1.29, 1.82) is 5.26 Å². The van der Waals surface area contributed by atoms with Crippen LogP contribution in [0.2, 0.25) is 5.02 Å². The molecule has 1 amide bonds. The van der Waals surface area contributed by atoms with Crippen LogP contribution < -0.4 is 0 Å². The highest BCUT2D eigenvalue weighted by atomic mass is 35.5. The van der Waals surface area contributed by atoms with Crippen molar-refractivity contribution in [2.75, 3.05) is 19.8 Å². The molecule has 7 heteroatoms. The van der Waals surface area contributed by atoms with E-state index in [1.165, 1.54) is 11.8 Å². The molecule has 1 atom stereocenters. The molecule has 0 aromatic heterocycles. The van der Waals surface area contributed by atoms with Gasteiger partial charge in [-0.05, 0) is 37.6 Å². The lowest BCUT2D eigenvalue weighted by atomic mass is 10.1. The van der Waals surface area contributed by atoms with E-state index in [1.807, 2.05) is 50.2 Å². The number of rotatable bonds is 5. The first-order chi connectivity index (χ1) is 13.4. The average Bonchev–Trinajstić information content (AvgIpc) is 3.05. The summed E-state index contributed by atoms with van der Waals surface area (Å²) in [7, 11) is 0. The number of carbonyl (C=O) groups is 1. The van der Waals surface area contributed by atoms with Crippen LogP contribution in [0, 0.1) is 11.3 Å². The second kappa shape index (κ2) is 8.87. The molecule has 0 unspecified atom stereocenters. The van der Waals surface area contributed by atoms with Gasteiger partial charge in [0.2, 0.25) is 0 Å². The molecule has 1 saturated heterocycles. The van der Waals surface area contributed by atoms with Gasteiger partial charge in [0.05, 0.1) is 35.1 Å². The van der Waals surface area contributed by atoms with Crippen molar-refractivity contribution < 1.29 is 14.3 Å². The molecule has 5 nitrogen and oxygen atoms in total. The third-order valence-corrected chi connectivity index (χ3v) is 6.23. The molecule has 1 aliphatic rings. The van der Waals surface area contributed by atoms with Gasteiger partial charge < -0.3 is 9.47 Å². The zero-order valence-electron chi connectivity index (χ0n) is 15.7. The molecule has 0 radical (unpaired) electrons. The van der Waals surface area contributed by atoms with Gasteiger partial charge in [0.15, 0.2) is 0 Å². The van der Waals surface area contributed by atoms with Crippen molar-refractivity contribution in [3.63, 3.8) is 0 Å². The van der Waals surface area contributed by atoms with Gasteiger partial charge in [-0.1, -0.05) is 41.9 Å². The minimum absolute atomic E-state index is 0.137. The molecular weight excluding hydrogens is 396 g/mol. The molecule has 1 aliphatic heterocycles. The summed E-state index contributed by atoms with van der Waals surface area (Å²) < 4.78 is 11.2. The fourth-order valence-electron chi connectivity index (χ4n) is 2.96. The Morgan fingerprint density at radius 2 is 2.11 bits per heavy atom. The van der Waals surface area contributed by atoms with Crippen molar-refractivity contribution in [2.45, 2.75) is 29.7 Å². The molecule has 0 N–H and O–H groups in total. The molecule has 28 heavy (non-hydrogen) atoms. The van der Waals surface area contributed by atoms with Crippen LogP contribution in [-0.2, 0) is 9.47 Å². The lowest BCUT2D eigenvalue weighted by molar-refractivity contribution is -0.0451. The highest BCUT2D eigenvalue weighted by Crippen LogP contribution is 2.39. The van der Waals surface area contributed by atoms with Crippen LogP contribution in [0.15, 0.2) is 53.4 Å². The molecule has 0 saturated carbocycles. The Labute approximate surface area is 174 Å². The highest BCUT2D eigenvalue weighted by molar-refractivity contribution is 7.99. The predicted octanol–water partition coefficient (Wildman–Crippen LogP) is 5.25. The Morgan fingerprint density at radius 1 is 1.36 bits per heavy atom. The Bertz CT molecular complexity index is 883. The van der Waals surface area contributed by atoms with Crippen LogP contribution in [0.3, 0.4) is 0 Å². The number of amides is 1. The highest BCUT2D eigenvalue weighted by Gasteiger charge is 2.38. The summed E-state index contributed by atoms with van der Waals surface area (Å²) in [6.07, 6.45) is -0.394. The summed E-state index contributed by atoms with van der Waals surface area (Å²) >= 11 is 7.84. The number of benzene rings is 2. The molecule has 1 heterocycles. The molecule has 0 bridgehead atoms. The number of nitrogens with zero attached hydrogens (tertiary/aromatic N) is 2. The number of carbonyl (C=O) groups excluding carboxylic acids is 1. The molecule has 3 rings (SSSR count). The van der Waals surface area contributed by atoms with Gasteiger partial charge in [-0.25, -0.2) is 4.79 Å². The number of halogens is 1. The van der Waals surface area contributed by atoms with E-state index >= 15 is 0 Å². The van der Waals surface area contributed by atoms with Gasteiger partial charge in [-0.3, -0.25) is 4.90 Å². The number of ether oxygens (including phenoxy) is 2. The predicted molar refractivity (Wildman–Crippen MR) is 109 cm³/mol. The fraction of sp³-hybridized carbons (Fsp3) is 0.333. The van der Waals surface area contributed by atoms with Crippen molar-refractivity contribution in [3.05, 3.63) is 64.7 Å². The molecule has 0 aliphatic carbocycles. The lowest BCUT2D eigenvalue weighted by Gasteiger charge is -2.29. The van der Waals surface area contributed by atoms with Crippen molar-refractivity contribution in [2.24, 2.45) is 0 Å². The van der Waals surface area contributed by atoms with E-state index in [0.29, 0.717) is 23.7 Å². The zero-order valence-corrected chi connectivity index (χ0v) is 17.3. The van der Waals surface area contributed by atoms with Crippen LogP contribution in [-0.4, -0.2) is 36.5 Å². The van der Waals surface area contributed by atoms with E-state index in [9.17, 15) is 4.79 Å². The quantitative estimate of drug-likeness (QED) is 0.623. The van der Waals surface area contributed by atoms with Gasteiger partial charge in [0.25, 0.3) is 0 Å². The van der Waals surface area contributed by atoms with Gasteiger partial charge in [0, 0.05) is 4.90 Å². The largest absolute Gasteiger partial charge is 0.448 e. The Hall–Kier alpha value is -2.20. The van der Waals surface area contributed by atoms with E-state index in [2.05, 4.69) is 6.07 Å². The second-order valence-electron chi connectivity index (χ2n) is 6.80. The van der Waals surface area contributed by atoms with Gasteiger partial charge in [-0.2, -0.15) is 5.26 Å². The van der Waals surface area contributed by atoms with Crippen molar-refractivity contribution >= 4 is 29.5 Å². The molecule has 0 spiro atoms. The number of thioether (sulfide) groups is 1. The summed E-state index contributed by atoms with van der Waals surface area (Å²) in [6, 6.07) is 17.1. The fourth-order valence-corrected chi connectivity index (χ4v) is 4.32. The van der Waals surface area contributed by atoms with E-state index in [0.717, 1.165) is 10.5 Å². The van der Waals surface area contributed by atoms with E-state index in [4.69, 9.17) is 26.3 Å². The monoisotopic (exact) mass is 416 g/mol. The summed E-state index contributed by atoms with van der Waals surface area (Å²) in [4.78, 5) is 15.0. The minimum Gasteiger partial charge on any atom is -0.448 e. The van der Waals surface area contributed by atoms with Crippen LogP contribution in [0.4, 0.5) is 4.79 Å². The number of nitriles is 1. The van der Waals surface area contributed by atoms with Crippen LogP contribution in [0.5, 0.6) is 0 Å². The minimum atomic E-state index is -0.664.